The molecule has 0 unspecified atom stereocenters. The maximum absolute atomic E-state index is 14.3. The Labute approximate surface area is 281 Å². The molecule has 0 fully saturated rings. The fourth-order valence-electron chi connectivity index (χ4n) is 5.49. The average molecular weight is 665 g/mol. The highest BCUT2D eigenvalue weighted by atomic mass is 16.5. The highest BCUT2D eigenvalue weighted by Gasteiger charge is 2.31. The van der Waals surface area contributed by atoms with Crippen LogP contribution in [-0.2, 0) is 4.74 Å². The van der Waals surface area contributed by atoms with Gasteiger partial charge in [0, 0.05) is 44.0 Å². The van der Waals surface area contributed by atoms with E-state index in [2.05, 4.69) is 21.1 Å². The molecule has 5 amide bonds. The number of aryl methyl sites for hydroxylation is 2. The molecular formula is C35H48N6O7. The predicted molar refractivity (Wildman–Crippen MR) is 184 cm³/mol. The van der Waals surface area contributed by atoms with Crippen LogP contribution in [0.2, 0.25) is 0 Å². The van der Waals surface area contributed by atoms with Crippen LogP contribution < -0.4 is 20.7 Å². The lowest BCUT2D eigenvalue weighted by atomic mass is 10.0. The quantitative estimate of drug-likeness (QED) is 0.243. The summed E-state index contributed by atoms with van der Waals surface area (Å²) in [6, 6.07) is 12.7. The van der Waals surface area contributed by atoms with Crippen molar-refractivity contribution in [2.24, 2.45) is 5.92 Å². The van der Waals surface area contributed by atoms with Crippen LogP contribution in [0.15, 0.2) is 53.1 Å². The minimum Gasteiger partial charge on any atom is -0.490 e. The van der Waals surface area contributed by atoms with E-state index in [1.165, 1.54) is 0 Å². The van der Waals surface area contributed by atoms with E-state index in [0.29, 0.717) is 40.9 Å². The SMILES string of the molecule is Cc1noc(C)c1NC(=O)N(C)C[C@H]1OCCCC[C@H](C)Oc2ccc(NC(=O)Nc3ccccc3)cc2C(=O)N([C@H](C)CO)C[C@@H]1C. The van der Waals surface area contributed by atoms with Gasteiger partial charge in [-0.2, -0.15) is 0 Å². The van der Waals surface area contributed by atoms with E-state index in [1.807, 2.05) is 32.0 Å². The third kappa shape index (κ3) is 9.71. The molecule has 0 saturated heterocycles. The summed E-state index contributed by atoms with van der Waals surface area (Å²) in [4.78, 5) is 43.4. The van der Waals surface area contributed by atoms with Crippen LogP contribution in [0.1, 0.15) is 61.8 Å². The Morgan fingerprint density at radius 2 is 1.79 bits per heavy atom. The number of amides is 5. The summed E-state index contributed by atoms with van der Waals surface area (Å²) < 4.78 is 17.8. The van der Waals surface area contributed by atoms with Gasteiger partial charge in [-0.3, -0.25) is 4.79 Å². The average Bonchev–Trinajstić information content (AvgIpc) is 3.38. The van der Waals surface area contributed by atoms with Crippen molar-refractivity contribution in [1.29, 1.82) is 0 Å². The lowest BCUT2D eigenvalue weighted by Gasteiger charge is -2.35. The highest BCUT2D eigenvalue weighted by molar-refractivity contribution is 6.02. The third-order valence-corrected chi connectivity index (χ3v) is 8.41. The number of hydrogen-bond donors (Lipinski definition) is 4. The Hall–Kier alpha value is -4.62. The first-order valence-electron chi connectivity index (χ1n) is 16.4. The van der Waals surface area contributed by atoms with Crippen molar-refractivity contribution in [2.45, 2.75) is 72.1 Å². The van der Waals surface area contributed by atoms with E-state index in [1.54, 1.807) is 68.0 Å². The number of anilines is 3. The number of likely N-dealkylation sites (N-methyl/N-ethyl adjacent to an activating group) is 1. The molecule has 13 heteroatoms. The first-order valence-corrected chi connectivity index (χ1v) is 16.4. The van der Waals surface area contributed by atoms with Gasteiger partial charge in [0.25, 0.3) is 5.91 Å². The van der Waals surface area contributed by atoms with Gasteiger partial charge < -0.3 is 44.9 Å². The molecule has 1 aromatic heterocycles. The lowest BCUT2D eigenvalue weighted by Crippen LogP contribution is -2.48. The van der Waals surface area contributed by atoms with E-state index >= 15 is 0 Å². The second kappa shape index (κ2) is 17.0. The number of urea groups is 2. The molecule has 1 aliphatic rings. The van der Waals surface area contributed by atoms with Gasteiger partial charge in [-0.1, -0.05) is 30.3 Å². The lowest BCUT2D eigenvalue weighted by molar-refractivity contribution is -0.0115. The van der Waals surface area contributed by atoms with Gasteiger partial charge in [-0.25, -0.2) is 9.59 Å². The Morgan fingerprint density at radius 1 is 1.06 bits per heavy atom. The molecule has 2 heterocycles. The summed E-state index contributed by atoms with van der Waals surface area (Å²) in [5.74, 6) is 0.307. The number of ether oxygens (including phenoxy) is 2. The fourth-order valence-corrected chi connectivity index (χ4v) is 5.49. The molecule has 3 aromatic rings. The molecule has 0 radical (unpaired) electrons. The maximum Gasteiger partial charge on any atom is 0.323 e. The Balaban J connectivity index is 1.58. The summed E-state index contributed by atoms with van der Waals surface area (Å²) in [6.07, 6.45) is 1.73. The van der Waals surface area contributed by atoms with Gasteiger partial charge >= 0.3 is 12.1 Å². The van der Waals surface area contributed by atoms with Crippen LogP contribution >= 0.6 is 0 Å². The van der Waals surface area contributed by atoms with Crippen molar-refractivity contribution in [3.8, 4) is 5.75 Å². The molecule has 1 aliphatic heterocycles. The van der Waals surface area contributed by atoms with Crippen LogP contribution in [-0.4, -0.2) is 89.6 Å². The zero-order valence-electron chi connectivity index (χ0n) is 28.6. The van der Waals surface area contributed by atoms with Gasteiger partial charge in [0.2, 0.25) is 0 Å². The number of para-hydroxylation sites is 1. The molecule has 4 rings (SSSR count). The van der Waals surface area contributed by atoms with Gasteiger partial charge in [-0.05, 0) is 77.3 Å². The molecule has 13 nitrogen and oxygen atoms in total. The van der Waals surface area contributed by atoms with Gasteiger partial charge in [0.05, 0.1) is 30.4 Å². The Kier molecular flexibility index (Phi) is 12.8. The van der Waals surface area contributed by atoms with E-state index in [0.717, 1.165) is 19.3 Å². The summed E-state index contributed by atoms with van der Waals surface area (Å²) in [6.45, 7) is 9.86. The number of rotatable bonds is 7. The van der Waals surface area contributed by atoms with Crippen molar-refractivity contribution in [2.75, 3.05) is 49.3 Å². The van der Waals surface area contributed by atoms with E-state index in [4.69, 9.17) is 14.0 Å². The molecule has 48 heavy (non-hydrogen) atoms. The second-order valence-corrected chi connectivity index (χ2v) is 12.5. The normalized spacial score (nSPS) is 19.7. The van der Waals surface area contributed by atoms with E-state index in [-0.39, 0.29) is 49.2 Å². The standard InChI is InChI=1S/C35H48N6O7/c1-22-19-41(23(2)21-42)33(43)29-18-28(37-34(44)36-27-13-8-7-9-14-27)15-16-30(29)47-24(3)12-10-11-17-46-31(22)20-40(6)35(45)38-32-25(4)39-48-26(32)5/h7-9,13-16,18,22-24,31,42H,10-12,17,19-21H2,1-6H3,(H,38,45)(H2,36,37,44)/t22-,23+,24-,31+/m0/s1. The van der Waals surface area contributed by atoms with Crippen LogP contribution in [0.3, 0.4) is 0 Å². The zero-order valence-corrected chi connectivity index (χ0v) is 28.6. The summed E-state index contributed by atoms with van der Waals surface area (Å²) in [5.41, 5.74) is 2.41. The Morgan fingerprint density at radius 3 is 2.48 bits per heavy atom. The maximum atomic E-state index is 14.3. The minimum absolute atomic E-state index is 0.197. The molecule has 4 atom stereocenters. The molecular weight excluding hydrogens is 616 g/mol. The number of carbonyl (C=O) groups excluding carboxylic acids is 3. The highest BCUT2D eigenvalue weighted by Crippen LogP contribution is 2.29. The van der Waals surface area contributed by atoms with Crippen molar-refractivity contribution < 1.29 is 33.5 Å². The van der Waals surface area contributed by atoms with Crippen molar-refractivity contribution in [3.63, 3.8) is 0 Å². The number of nitrogens with one attached hydrogen (secondary N) is 3. The van der Waals surface area contributed by atoms with Crippen LogP contribution in [0.25, 0.3) is 0 Å². The number of aromatic nitrogens is 1. The molecule has 0 aliphatic carbocycles. The van der Waals surface area contributed by atoms with Crippen LogP contribution in [0, 0.1) is 19.8 Å². The number of benzene rings is 2. The van der Waals surface area contributed by atoms with Crippen LogP contribution in [0.4, 0.5) is 26.7 Å². The first-order chi connectivity index (χ1) is 23.0. The monoisotopic (exact) mass is 664 g/mol. The molecule has 0 bridgehead atoms. The molecule has 4 N–H and O–H groups in total. The van der Waals surface area contributed by atoms with Crippen LogP contribution in [0.5, 0.6) is 5.75 Å². The number of aliphatic hydroxyl groups is 1. The number of carbonyl (C=O) groups is 3. The molecule has 0 spiro atoms. The number of fused-ring (bicyclic) bond motifs is 1. The van der Waals surface area contributed by atoms with Gasteiger partial charge in [0.15, 0.2) is 5.76 Å². The minimum atomic E-state index is -0.544. The number of nitrogens with zero attached hydrogens (tertiary/aromatic N) is 3. The van der Waals surface area contributed by atoms with Crippen molar-refractivity contribution >= 4 is 35.0 Å². The topological polar surface area (TPSA) is 158 Å². The number of aliphatic hydroxyl groups excluding tert-OH is 1. The summed E-state index contributed by atoms with van der Waals surface area (Å²) >= 11 is 0. The third-order valence-electron chi connectivity index (χ3n) is 8.41. The predicted octanol–water partition coefficient (Wildman–Crippen LogP) is 5.89. The molecule has 0 saturated carbocycles. The number of hydrogen-bond acceptors (Lipinski definition) is 8. The van der Waals surface area contributed by atoms with Crippen molar-refractivity contribution in [3.05, 3.63) is 65.5 Å². The smallest absolute Gasteiger partial charge is 0.323 e. The fraction of sp³-hybridized carbons (Fsp3) is 0.486. The first kappa shape index (κ1) is 36.2. The largest absolute Gasteiger partial charge is 0.490 e. The molecule has 260 valence electrons. The Bertz CT molecular complexity index is 1510. The molecule has 2 aromatic carbocycles. The van der Waals surface area contributed by atoms with Gasteiger partial charge in [0.1, 0.15) is 17.1 Å². The van der Waals surface area contributed by atoms with Gasteiger partial charge in [-0.15, -0.1) is 0 Å². The van der Waals surface area contributed by atoms with E-state index in [9.17, 15) is 19.5 Å². The zero-order chi connectivity index (χ0) is 34.8. The summed E-state index contributed by atoms with van der Waals surface area (Å²) in [7, 11) is 1.69. The summed E-state index contributed by atoms with van der Waals surface area (Å²) in [5, 5.41) is 22.6. The second-order valence-electron chi connectivity index (χ2n) is 12.5. The van der Waals surface area contributed by atoms with Crippen molar-refractivity contribution in [1.82, 2.24) is 15.0 Å². The van der Waals surface area contributed by atoms with E-state index < -0.39 is 18.2 Å².